The number of hydrogen-bond acceptors (Lipinski definition) is 2. The lowest BCUT2D eigenvalue weighted by Gasteiger charge is -2.00. The predicted octanol–water partition coefficient (Wildman–Crippen LogP) is 3.81. The molecule has 0 saturated carbocycles. The van der Waals surface area contributed by atoms with Crippen LogP contribution >= 0.6 is 0 Å². The standard InChI is InChI=1S/C18H18N2O/c1-14-8-10-17(11-9-14)18(21)20-19-13-15(2)12-16-6-4-3-5-7-16/h3-13H,1-2H3,(H,20,21)/b15-12-,19-13+. The second kappa shape index (κ2) is 7.20. The normalized spacial score (nSPS) is 11.6. The average Bonchev–Trinajstić information content (AvgIpc) is 2.49. The molecule has 3 nitrogen and oxygen atoms in total. The smallest absolute Gasteiger partial charge is 0.267 e. The van der Waals surface area contributed by atoms with Gasteiger partial charge in [0.25, 0.3) is 5.91 Å². The molecule has 3 heteroatoms. The first-order valence-corrected chi connectivity index (χ1v) is 6.78. The molecule has 0 fully saturated rings. The van der Waals surface area contributed by atoms with Crippen molar-refractivity contribution >= 4 is 18.2 Å². The molecular formula is C18H18N2O. The largest absolute Gasteiger partial charge is 0.271 e. The van der Waals surface area contributed by atoms with Gasteiger partial charge < -0.3 is 0 Å². The van der Waals surface area contributed by atoms with E-state index in [0.29, 0.717) is 5.56 Å². The quantitative estimate of drug-likeness (QED) is 0.670. The van der Waals surface area contributed by atoms with Crippen LogP contribution in [-0.2, 0) is 0 Å². The number of hydrogen-bond donors (Lipinski definition) is 1. The van der Waals surface area contributed by atoms with Crippen molar-refractivity contribution in [1.29, 1.82) is 0 Å². The summed E-state index contributed by atoms with van der Waals surface area (Å²) >= 11 is 0. The van der Waals surface area contributed by atoms with Gasteiger partial charge in [0.2, 0.25) is 0 Å². The summed E-state index contributed by atoms with van der Waals surface area (Å²) in [5.41, 5.74) is 6.31. The number of allylic oxidation sites excluding steroid dienone is 1. The Labute approximate surface area is 125 Å². The molecule has 2 aromatic rings. The van der Waals surface area contributed by atoms with E-state index in [2.05, 4.69) is 10.5 Å². The van der Waals surface area contributed by atoms with Gasteiger partial charge in [0.05, 0.1) is 6.21 Å². The summed E-state index contributed by atoms with van der Waals surface area (Å²) in [6.45, 7) is 3.92. The number of carbonyl (C=O) groups is 1. The van der Waals surface area contributed by atoms with Crippen molar-refractivity contribution in [2.75, 3.05) is 0 Å². The number of hydrazone groups is 1. The van der Waals surface area contributed by atoms with E-state index in [0.717, 1.165) is 16.7 Å². The molecular weight excluding hydrogens is 260 g/mol. The predicted molar refractivity (Wildman–Crippen MR) is 87.2 cm³/mol. The number of nitrogens with zero attached hydrogens (tertiary/aromatic N) is 1. The van der Waals surface area contributed by atoms with Gasteiger partial charge in [-0.25, -0.2) is 5.43 Å². The summed E-state index contributed by atoms with van der Waals surface area (Å²) < 4.78 is 0. The van der Waals surface area contributed by atoms with E-state index in [1.807, 2.05) is 62.4 Å². The Kier molecular flexibility index (Phi) is 5.04. The minimum atomic E-state index is -0.209. The van der Waals surface area contributed by atoms with Crippen LogP contribution in [0.5, 0.6) is 0 Å². The van der Waals surface area contributed by atoms with Crippen molar-refractivity contribution in [3.63, 3.8) is 0 Å². The molecule has 0 aromatic heterocycles. The van der Waals surface area contributed by atoms with Crippen LogP contribution in [0.4, 0.5) is 0 Å². The van der Waals surface area contributed by atoms with Crippen LogP contribution in [0.2, 0.25) is 0 Å². The molecule has 0 bridgehead atoms. The molecule has 1 amide bonds. The van der Waals surface area contributed by atoms with Gasteiger partial charge in [0.15, 0.2) is 0 Å². The Morgan fingerprint density at radius 2 is 1.71 bits per heavy atom. The van der Waals surface area contributed by atoms with Crippen molar-refractivity contribution in [3.05, 3.63) is 76.9 Å². The summed E-state index contributed by atoms with van der Waals surface area (Å²) in [5.74, 6) is -0.209. The van der Waals surface area contributed by atoms with Gasteiger partial charge in [-0.1, -0.05) is 54.1 Å². The van der Waals surface area contributed by atoms with Gasteiger partial charge in [-0.15, -0.1) is 0 Å². The molecule has 2 rings (SSSR count). The highest BCUT2D eigenvalue weighted by Gasteiger charge is 2.02. The van der Waals surface area contributed by atoms with Crippen molar-refractivity contribution < 1.29 is 4.79 Å². The fourth-order valence-electron chi connectivity index (χ4n) is 1.81. The van der Waals surface area contributed by atoms with Crippen molar-refractivity contribution in [2.45, 2.75) is 13.8 Å². The second-order valence-electron chi connectivity index (χ2n) is 4.86. The molecule has 0 aliphatic rings. The second-order valence-corrected chi connectivity index (χ2v) is 4.86. The van der Waals surface area contributed by atoms with Gasteiger partial charge in [-0.3, -0.25) is 4.79 Å². The lowest BCUT2D eigenvalue weighted by Crippen LogP contribution is -2.17. The minimum Gasteiger partial charge on any atom is -0.267 e. The maximum Gasteiger partial charge on any atom is 0.271 e. The monoisotopic (exact) mass is 278 g/mol. The number of nitrogens with one attached hydrogen (secondary N) is 1. The molecule has 1 N–H and O–H groups in total. The van der Waals surface area contributed by atoms with Gasteiger partial charge in [0.1, 0.15) is 0 Å². The number of benzene rings is 2. The Morgan fingerprint density at radius 1 is 1.05 bits per heavy atom. The Balaban J connectivity index is 1.94. The lowest BCUT2D eigenvalue weighted by atomic mass is 10.1. The third-order valence-electron chi connectivity index (χ3n) is 2.94. The zero-order chi connectivity index (χ0) is 15.1. The third kappa shape index (κ3) is 4.73. The fourth-order valence-corrected chi connectivity index (χ4v) is 1.81. The summed E-state index contributed by atoms with van der Waals surface area (Å²) in [6, 6.07) is 17.3. The maximum absolute atomic E-state index is 11.9. The van der Waals surface area contributed by atoms with E-state index >= 15 is 0 Å². The zero-order valence-electron chi connectivity index (χ0n) is 12.2. The van der Waals surface area contributed by atoms with Gasteiger partial charge in [-0.05, 0) is 37.1 Å². The SMILES string of the molecule is CC(=C/c1ccccc1)/C=N/NC(=O)c1ccc(C)cc1. The zero-order valence-corrected chi connectivity index (χ0v) is 12.2. The van der Waals surface area contributed by atoms with Crippen LogP contribution in [0, 0.1) is 6.92 Å². The third-order valence-corrected chi connectivity index (χ3v) is 2.94. The van der Waals surface area contributed by atoms with Crippen LogP contribution < -0.4 is 5.43 Å². The van der Waals surface area contributed by atoms with Crippen LogP contribution in [0.25, 0.3) is 6.08 Å². The molecule has 0 heterocycles. The van der Waals surface area contributed by atoms with Crippen molar-refractivity contribution in [3.8, 4) is 0 Å². The first-order chi connectivity index (χ1) is 10.1. The van der Waals surface area contributed by atoms with Crippen molar-refractivity contribution in [1.82, 2.24) is 5.43 Å². The average molecular weight is 278 g/mol. The summed E-state index contributed by atoms with van der Waals surface area (Å²) in [5, 5.41) is 3.97. The lowest BCUT2D eigenvalue weighted by molar-refractivity contribution is 0.0955. The first-order valence-electron chi connectivity index (χ1n) is 6.78. The Morgan fingerprint density at radius 3 is 2.38 bits per heavy atom. The first kappa shape index (κ1) is 14.7. The number of rotatable bonds is 4. The van der Waals surface area contributed by atoms with E-state index < -0.39 is 0 Å². The maximum atomic E-state index is 11.9. The van der Waals surface area contributed by atoms with Crippen molar-refractivity contribution in [2.24, 2.45) is 5.10 Å². The van der Waals surface area contributed by atoms with E-state index in [-0.39, 0.29) is 5.91 Å². The van der Waals surface area contributed by atoms with Gasteiger partial charge in [-0.2, -0.15) is 5.10 Å². The summed E-state index contributed by atoms with van der Waals surface area (Å²) in [7, 11) is 0. The summed E-state index contributed by atoms with van der Waals surface area (Å²) in [6.07, 6.45) is 3.64. The highest BCUT2D eigenvalue weighted by atomic mass is 16.2. The molecule has 0 aliphatic heterocycles. The fraction of sp³-hybridized carbons (Fsp3) is 0.111. The molecule has 0 aliphatic carbocycles. The molecule has 0 saturated heterocycles. The van der Waals surface area contributed by atoms with E-state index in [9.17, 15) is 4.79 Å². The van der Waals surface area contributed by atoms with Crippen LogP contribution in [-0.4, -0.2) is 12.1 Å². The van der Waals surface area contributed by atoms with Crippen LogP contribution in [0.3, 0.4) is 0 Å². The number of carbonyl (C=O) groups excluding carboxylic acids is 1. The number of aryl methyl sites for hydroxylation is 1. The molecule has 21 heavy (non-hydrogen) atoms. The Hall–Kier alpha value is -2.68. The summed E-state index contributed by atoms with van der Waals surface area (Å²) in [4.78, 5) is 11.9. The van der Waals surface area contributed by atoms with Crippen LogP contribution in [0.15, 0.2) is 65.3 Å². The van der Waals surface area contributed by atoms with E-state index in [1.54, 1.807) is 18.3 Å². The molecule has 2 aromatic carbocycles. The van der Waals surface area contributed by atoms with E-state index in [4.69, 9.17) is 0 Å². The van der Waals surface area contributed by atoms with Gasteiger partial charge in [0, 0.05) is 5.56 Å². The topological polar surface area (TPSA) is 41.5 Å². The molecule has 0 unspecified atom stereocenters. The molecule has 0 radical (unpaired) electrons. The number of amides is 1. The Bertz CT molecular complexity index is 655. The van der Waals surface area contributed by atoms with Gasteiger partial charge >= 0.3 is 0 Å². The van der Waals surface area contributed by atoms with Crippen LogP contribution in [0.1, 0.15) is 28.4 Å². The highest BCUT2D eigenvalue weighted by Crippen LogP contribution is 2.05. The highest BCUT2D eigenvalue weighted by molar-refractivity contribution is 5.95. The van der Waals surface area contributed by atoms with E-state index in [1.165, 1.54) is 0 Å². The molecule has 106 valence electrons. The minimum absolute atomic E-state index is 0.209. The molecule has 0 spiro atoms. The molecule has 0 atom stereocenters.